The first kappa shape index (κ1) is 25.7. The second-order valence-corrected chi connectivity index (χ2v) is 6.91. The molecule has 0 bridgehead atoms. The molecule has 0 radical (unpaired) electrons. The average Bonchev–Trinajstić information content (AvgIpc) is 3.18. The van der Waals surface area contributed by atoms with E-state index in [2.05, 4.69) is 5.32 Å². The van der Waals surface area contributed by atoms with Crippen molar-refractivity contribution in [3.05, 3.63) is 60.2 Å². The van der Waals surface area contributed by atoms with Crippen LogP contribution in [0.25, 0.3) is 0 Å². The van der Waals surface area contributed by atoms with Crippen molar-refractivity contribution in [1.82, 2.24) is 0 Å². The number of nitrogens with one attached hydrogen (secondary N) is 1. The van der Waals surface area contributed by atoms with Crippen LogP contribution in [0.3, 0.4) is 0 Å². The van der Waals surface area contributed by atoms with Crippen LogP contribution in [0.5, 0.6) is 0 Å². The number of carbonyl (C=O) groups excluding carboxylic acids is 2. The molecule has 7 nitrogen and oxygen atoms in total. The molecule has 2 aromatic rings. The Labute approximate surface area is 188 Å². The molecule has 9 heteroatoms. The number of nitrogens with zero attached hydrogens (tertiary/aromatic N) is 1. The molecule has 1 heterocycles. The van der Waals surface area contributed by atoms with Gasteiger partial charge in [-0.2, -0.15) is 0 Å². The normalized spacial score (nSPS) is 17.4. The van der Waals surface area contributed by atoms with Gasteiger partial charge in [0.15, 0.2) is 0 Å². The molecule has 0 aliphatic carbocycles. The molecule has 1 fully saturated rings. The fourth-order valence-electron chi connectivity index (χ4n) is 3.31. The van der Waals surface area contributed by atoms with Gasteiger partial charge in [0.05, 0.1) is 12.6 Å². The molecular weight excluding hydrogens is 427 g/mol. The molecule has 2 aromatic carbocycles. The Morgan fingerprint density at radius 2 is 1.80 bits per heavy atom. The highest BCUT2D eigenvalue weighted by atomic mass is 35.5. The molecule has 5 N–H and O–H groups in total. The maximum Gasteiger partial charge on any atom is 0.253 e. The number of primary amides is 1. The number of anilines is 2. The third-order valence-electron chi connectivity index (χ3n) is 4.70. The minimum Gasteiger partial charge on any atom is -0.368 e. The van der Waals surface area contributed by atoms with Gasteiger partial charge in [0.1, 0.15) is 6.10 Å². The van der Waals surface area contributed by atoms with Crippen LogP contribution < -0.4 is 21.7 Å². The van der Waals surface area contributed by atoms with E-state index in [-0.39, 0.29) is 43.4 Å². The van der Waals surface area contributed by atoms with Gasteiger partial charge in [-0.25, -0.2) is 0 Å². The average molecular weight is 455 g/mol. The van der Waals surface area contributed by atoms with Gasteiger partial charge in [-0.3, -0.25) is 9.59 Å². The van der Waals surface area contributed by atoms with Crippen LogP contribution in [0.4, 0.5) is 11.4 Å². The maximum absolute atomic E-state index is 12.5. The van der Waals surface area contributed by atoms with Crippen molar-refractivity contribution in [2.75, 3.05) is 23.3 Å². The Morgan fingerprint density at radius 3 is 2.43 bits per heavy atom. The molecule has 1 aliphatic rings. The zero-order valence-corrected chi connectivity index (χ0v) is 18.2. The highest BCUT2D eigenvalue weighted by Gasteiger charge is 2.29. The van der Waals surface area contributed by atoms with E-state index in [1.165, 1.54) is 0 Å². The predicted molar refractivity (Wildman–Crippen MR) is 123 cm³/mol. The first-order chi connectivity index (χ1) is 13.5. The molecule has 0 unspecified atom stereocenters. The highest BCUT2D eigenvalue weighted by molar-refractivity contribution is 5.94. The summed E-state index contributed by atoms with van der Waals surface area (Å²) in [5.41, 5.74) is 13.5. The molecule has 3 rings (SSSR count). The Hall–Kier alpha value is -2.32. The van der Waals surface area contributed by atoms with Crippen molar-refractivity contribution in [3.63, 3.8) is 0 Å². The number of amides is 2. The zero-order chi connectivity index (χ0) is 19.9. The van der Waals surface area contributed by atoms with Gasteiger partial charge in [-0.15, -0.1) is 24.8 Å². The van der Waals surface area contributed by atoms with E-state index in [0.717, 1.165) is 17.7 Å². The lowest BCUT2D eigenvalue weighted by Gasteiger charge is -2.24. The van der Waals surface area contributed by atoms with Gasteiger partial charge in [0, 0.05) is 24.5 Å². The minimum absolute atomic E-state index is 0. The topological polar surface area (TPSA) is 111 Å². The first-order valence-corrected chi connectivity index (χ1v) is 9.39. The summed E-state index contributed by atoms with van der Waals surface area (Å²) in [4.78, 5) is 25.9. The smallest absolute Gasteiger partial charge is 0.253 e. The molecule has 0 saturated carbocycles. The molecule has 30 heavy (non-hydrogen) atoms. The summed E-state index contributed by atoms with van der Waals surface area (Å²) in [7, 11) is 0. The van der Waals surface area contributed by atoms with Crippen molar-refractivity contribution >= 4 is 48.0 Å². The lowest BCUT2D eigenvalue weighted by Crippen LogP contribution is -2.33. The Morgan fingerprint density at radius 1 is 1.07 bits per heavy atom. The van der Waals surface area contributed by atoms with Crippen LogP contribution >= 0.6 is 24.8 Å². The van der Waals surface area contributed by atoms with E-state index in [4.69, 9.17) is 16.2 Å². The number of hydrogen-bond acceptors (Lipinski definition) is 5. The van der Waals surface area contributed by atoms with Crippen molar-refractivity contribution in [2.45, 2.75) is 31.6 Å². The molecule has 1 aliphatic heterocycles. The molecule has 1 saturated heterocycles. The van der Waals surface area contributed by atoms with E-state index in [1.54, 1.807) is 0 Å². The van der Waals surface area contributed by atoms with Crippen LogP contribution in [0.15, 0.2) is 54.6 Å². The molecule has 2 atom stereocenters. The van der Waals surface area contributed by atoms with Crippen molar-refractivity contribution in [1.29, 1.82) is 0 Å². The van der Waals surface area contributed by atoms with E-state index in [0.29, 0.717) is 25.2 Å². The van der Waals surface area contributed by atoms with Gasteiger partial charge in [0.25, 0.3) is 5.91 Å². The van der Waals surface area contributed by atoms with Crippen LogP contribution in [-0.2, 0) is 20.9 Å². The maximum atomic E-state index is 12.5. The Bertz CT molecular complexity index is 823. The lowest BCUT2D eigenvalue weighted by atomic mass is 10.1. The number of halogens is 2. The number of ether oxygens (including phenoxy) is 1. The van der Waals surface area contributed by atoms with Crippen LogP contribution in [0.2, 0.25) is 0 Å². The monoisotopic (exact) mass is 454 g/mol. The SMILES string of the molecule is Cl.Cl.NC[C@H]1CC[C@@H](C(=O)Nc2cccc(N(CC(N)=O)Cc3ccccc3)c2)O1. The number of benzene rings is 2. The van der Waals surface area contributed by atoms with Crippen LogP contribution in [0, 0.1) is 0 Å². The van der Waals surface area contributed by atoms with Crippen LogP contribution in [-0.4, -0.2) is 37.1 Å². The van der Waals surface area contributed by atoms with E-state index < -0.39 is 12.0 Å². The van der Waals surface area contributed by atoms with Gasteiger partial charge in [-0.05, 0) is 36.6 Å². The van der Waals surface area contributed by atoms with Gasteiger partial charge in [0.2, 0.25) is 5.91 Å². The third-order valence-corrected chi connectivity index (χ3v) is 4.70. The molecule has 0 spiro atoms. The molecule has 0 aromatic heterocycles. The fraction of sp³-hybridized carbons (Fsp3) is 0.333. The van der Waals surface area contributed by atoms with E-state index in [9.17, 15) is 9.59 Å². The van der Waals surface area contributed by atoms with Gasteiger partial charge in [-0.1, -0.05) is 36.4 Å². The molecule has 164 valence electrons. The Kier molecular flexibility index (Phi) is 10.6. The highest BCUT2D eigenvalue weighted by Crippen LogP contribution is 2.24. The third kappa shape index (κ3) is 7.18. The summed E-state index contributed by atoms with van der Waals surface area (Å²) in [6, 6.07) is 17.2. The second-order valence-electron chi connectivity index (χ2n) is 6.91. The van der Waals surface area contributed by atoms with Crippen molar-refractivity contribution in [2.24, 2.45) is 11.5 Å². The van der Waals surface area contributed by atoms with Crippen molar-refractivity contribution in [3.8, 4) is 0 Å². The second kappa shape index (κ2) is 12.4. The number of carbonyl (C=O) groups is 2. The summed E-state index contributed by atoms with van der Waals surface area (Å²) in [6.45, 7) is 1.03. The standard InChI is InChI=1S/C21H26N4O3.2ClH/c22-12-18-9-10-19(28-18)21(27)24-16-7-4-8-17(11-16)25(14-20(23)26)13-15-5-2-1-3-6-15;;/h1-8,11,18-19H,9-10,12-14,22H2,(H2,23,26)(H,24,27);2*1H/t18-,19+;;/m1../s1. The molecular formula is C21H28Cl2N4O3. The quantitative estimate of drug-likeness (QED) is 0.567. The summed E-state index contributed by atoms with van der Waals surface area (Å²) in [6.07, 6.45) is 0.912. The number of hydrogen-bond donors (Lipinski definition) is 3. The summed E-state index contributed by atoms with van der Waals surface area (Å²) in [5, 5.41) is 2.89. The summed E-state index contributed by atoms with van der Waals surface area (Å²) >= 11 is 0. The van der Waals surface area contributed by atoms with Gasteiger partial charge < -0.3 is 26.4 Å². The predicted octanol–water partition coefficient (Wildman–Crippen LogP) is 2.47. The Balaban J connectivity index is 0.00000225. The molecule has 2 amide bonds. The van der Waals surface area contributed by atoms with Crippen molar-refractivity contribution < 1.29 is 14.3 Å². The van der Waals surface area contributed by atoms with Crippen LogP contribution in [0.1, 0.15) is 18.4 Å². The van der Waals surface area contributed by atoms with E-state index in [1.807, 2.05) is 59.5 Å². The largest absolute Gasteiger partial charge is 0.368 e. The van der Waals surface area contributed by atoms with Gasteiger partial charge >= 0.3 is 0 Å². The zero-order valence-electron chi connectivity index (χ0n) is 16.5. The number of rotatable bonds is 8. The number of nitrogens with two attached hydrogens (primary N) is 2. The fourth-order valence-corrected chi connectivity index (χ4v) is 3.31. The first-order valence-electron chi connectivity index (χ1n) is 9.39. The minimum atomic E-state index is -0.483. The van der Waals surface area contributed by atoms with E-state index >= 15 is 0 Å². The summed E-state index contributed by atoms with van der Waals surface area (Å²) < 4.78 is 5.65. The summed E-state index contributed by atoms with van der Waals surface area (Å²) in [5.74, 6) is -0.602. The lowest BCUT2D eigenvalue weighted by molar-refractivity contribution is -0.126.